The first-order valence-electron chi connectivity index (χ1n) is 6.30. The molecule has 0 saturated carbocycles. The van der Waals surface area contributed by atoms with Crippen LogP contribution in [-0.4, -0.2) is 58.1 Å². The summed E-state index contributed by atoms with van der Waals surface area (Å²) in [5, 5.41) is 4.23. The van der Waals surface area contributed by atoms with Crippen molar-refractivity contribution < 1.29 is 9.59 Å². The summed E-state index contributed by atoms with van der Waals surface area (Å²) in [6.07, 6.45) is 0.675. The lowest BCUT2D eigenvalue weighted by Crippen LogP contribution is -2.51. The molecular formula is C12H19N5O2. The number of carbonyl (C=O) groups is 2. The second-order valence-electron chi connectivity index (χ2n) is 4.73. The van der Waals surface area contributed by atoms with Crippen molar-refractivity contribution in [2.75, 3.05) is 32.4 Å². The monoisotopic (exact) mass is 265 g/mol. The predicted molar refractivity (Wildman–Crippen MR) is 70.5 cm³/mol. The van der Waals surface area contributed by atoms with Crippen molar-refractivity contribution in [2.24, 2.45) is 7.05 Å². The molecule has 0 spiro atoms. The average Bonchev–Trinajstić information content (AvgIpc) is 2.67. The number of rotatable bonds is 2. The summed E-state index contributed by atoms with van der Waals surface area (Å²) < 4.78 is 1.50. The zero-order valence-electron chi connectivity index (χ0n) is 11.5. The summed E-state index contributed by atoms with van der Waals surface area (Å²) in [7, 11) is 3.43. The number of hydrogen-bond acceptors (Lipinski definition) is 4. The minimum Gasteiger partial charge on any atom is -0.395 e. The van der Waals surface area contributed by atoms with Crippen LogP contribution in [0.2, 0.25) is 0 Å². The van der Waals surface area contributed by atoms with Gasteiger partial charge < -0.3 is 15.5 Å². The standard InChI is InChI=1S/C12H19N5O2/c1-4-8-10(13)11(16(3)14-8)12(19)17-6-5-15(2)9(18)7-17/h4-7,13H2,1-3H3. The van der Waals surface area contributed by atoms with E-state index in [1.165, 1.54) is 9.58 Å². The number of carbonyl (C=O) groups excluding carboxylic acids is 2. The molecule has 0 aliphatic carbocycles. The molecule has 1 aromatic rings. The molecule has 1 saturated heterocycles. The molecule has 1 fully saturated rings. The first-order chi connectivity index (χ1) is 8.95. The molecule has 2 rings (SSSR count). The summed E-state index contributed by atoms with van der Waals surface area (Å²) in [5.41, 5.74) is 7.46. The number of nitrogens with zero attached hydrogens (tertiary/aromatic N) is 4. The lowest BCUT2D eigenvalue weighted by Gasteiger charge is -2.31. The first kappa shape index (κ1) is 13.4. The van der Waals surface area contributed by atoms with Gasteiger partial charge in [0.25, 0.3) is 5.91 Å². The van der Waals surface area contributed by atoms with Gasteiger partial charge in [-0.2, -0.15) is 5.10 Å². The SMILES string of the molecule is CCc1nn(C)c(C(=O)N2CCN(C)C(=O)C2)c1N. The Morgan fingerprint density at radius 3 is 2.58 bits per heavy atom. The van der Waals surface area contributed by atoms with Crippen LogP contribution in [0.4, 0.5) is 5.69 Å². The minimum absolute atomic E-state index is 0.0592. The Balaban J connectivity index is 2.25. The number of amides is 2. The zero-order valence-corrected chi connectivity index (χ0v) is 11.5. The topological polar surface area (TPSA) is 84.5 Å². The lowest BCUT2D eigenvalue weighted by atomic mass is 10.2. The van der Waals surface area contributed by atoms with E-state index in [4.69, 9.17) is 5.73 Å². The Labute approximate surface area is 111 Å². The van der Waals surface area contributed by atoms with Crippen LogP contribution >= 0.6 is 0 Å². The van der Waals surface area contributed by atoms with Crippen molar-refractivity contribution in [2.45, 2.75) is 13.3 Å². The number of nitrogens with two attached hydrogens (primary N) is 1. The van der Waals surface area contributed by atoms with Gasteiger partial charge in [0.2, 0.25) is 5.91 Å². The van der Waals surface area contributed by atoms with Gasteiger partial charge in [-0.05, 0) is 6.42 Å². The Morgan fingerprint density at radius 1 is 1.37 bits per heavy atom. The van der Waals surface area contributed by atoms with Gasteiger partial charge in [-0.1, -0.05) is 6.92 Å². The fourth-order valence-corrected chi connectivity index (χ4v) is 2.19. The third-order valence-corrected chi connectivity index (χ3v) is 3.44. The third kappa shape index (κ3) is 2.27. The van der Waals surface area contributed by atoms with E-state index in [9.17, 15) is 9.59 Å². The Hall–Kier alpha value is -2.05. The lowest BCUT2D eigenvalue weighted by molar-refractivity contribution is -0.133. The van der Waals surface area contributed by atoms with Crippen LogP contribution in [0.15, 0.2) is 0 Å². The molecule has 2 N–H and O–H groups in total. The van der Waals surface area contributed by atoms with Crippen LogP contribution in [0.3, 0.4) is 0 Å². The van der Waals surface area contributed by atoms with E-state index in [1.54, 1.807) is 19.0 Å². The van der Waals surface area contributed by atoms with Crippen LogP contribution < -0.4 is 5.73 Å². The molecule has 7 nitrogen and oxygen atoms in total. The maximum Gasteiger partial charge on any atom is 0.274 e. The summed E-state index contributed by atoms with van der Waals surface area (Å²) in [5.74, 6) is -0.287. The Kier molecular flexibility index (Phi) is 3.46. The van der Waals surface area contributed by atoms with Gasteiger partial charge >= 0.3 is 0 Å². The maximum absolute atomic E-state index is 12.4. The highest BCUT2D eigenvalue weighted by Gasteiger charge is 2.29. The maximum atomic E-state index is 12.4. The van der Waals surface area contributed by atoms with Crippen LogP contribution in [-0.2, 0) is 18.3 Å². The number of aromatic nitrogens is 2. The summed E-state index contributed by atoms with van der Waals surface area (Å²) in [6.45, 7) is 3.10. The van der Waals surface area contributed by atoms with Gasteiger partial charge in [0.1, 0.15) is 12.2 Å². The number of hydrogen-bond donors (Lipinski definition) is 1. The molecule has 0 radical (unpaired) electrons. The Morgan fingerprint density at radius 2 is 2.05 bits per heavy atom. The van der Waals surface area contributed by atoms with Crippen molar-refractivity contribution >= 4 is 17.5 Å². The fraction of sp³-hybridized carbons (Fsp3) is 0.583. The number of anilines is 1. The molecular weight excluding hydrogens is 246 g/mol. The van der Waals surface area contributed by atoms with Crippen LogP contribution in [0.1, 0.15) is 23.1 Å². The molecule has 1 aliphatic rings. The second kappa shape index (κ2) is 4.91. The highest BCUT2D eigenvalue weighted by Crippen LogP contribution is 2.19. The van der Waals surface area contributed by atoms with Crippen molar-refractivity contribution in [3.63, 3.8) is 0 Å². The van der Waals surface area contributed by atoms with E-state index in [0.29, 0.717) is 36.6 Å². The quantitative estimate of drug-likeness (QED) is 0.779. The Bertz CT molecular complexity index is 522. The average molecular weight is 265 g/mol. The van der Waals surface area contributed by atoms with Crippen LogP contribution in [0, 0.1) is 0 Å². The summed E-state index contributed by atoms with van der Waals surface area (Å²) in [4.78, 5) is 27.2. The zero-order chi connectivity index (χ0) is 14.2. The highest BCUT2D eigenvalue weighted by atomic mass is 16.2. The molecule has 1 aromatic heterocycles. The largest absolute Gasteiger partial charge is 0.395 e. The molecule has 2 amide bonds. The van der Waals surface area contributed by atoms with Crippen LogP contribution in [0.5, 0.6) is 0 Å². The minimum atomic E-state index is -0.228. The molecule has 0 aromatic carbocycles. The van der Waals surface area contributed by atoms with E-state index in [0.717, 1.165) is 0 Å². The molecule has 19 heavy (non-hydrogen) atoms. The van der Waals surface area contributed by atoms with E-state index < -0.39 is 0 Å². The normalized spacial score (nSPS) is 16.1. The highest BCUT2D eigenvalue weighted by molar-refractivity contribution is 6.00. The predicted octanol–water partition coefficient (Wildman–Crippen LogP) is -0.521. The van der Waals surface area contributed by atoms with Gasteiger partial charge in [-0.3, -0.25) is 14.3 Å². The molecule has 2 heterocycles. The molecule has 7 heteroatoms. The van der Waals surface area contributed by atoms with Crippen LogP contribution in [0.25, 0.3) is 0 Å². The van der Waals surface area contributed by atoms with Gasteiger partial charge in [0.15, 0.2) is 0 Å². The van der Waals surface area contributed by atoms with E-state index in [1.807, 2.05) is 6.92 Å². The number of likely N-dealkylation sites (N-methyl/N-ethyl adjacent to an activating group) is 1. The van der Waals surface area contributed by atoms with Crippen molar-refractivity contribution in [1.29, 1.82) is 0 Å². The third-order valence-electron chi connectivity index (χ3n) is 3.44. The first-order valence-corrected chi connectivity index (χ1v) is 6.30. The summed E-state index contributed by atoms with van der Waals surface area (Å²) >= 11 is 0. The molecule has 0 atom stereocenters. The van der Waals surface area contributed by atoms with Crippen molar-refractivity contribution in [3.8, 4) is 0 Å². The fourth-order valence-electron chi connectivity index (χ4n) is 2.19. The molecule has 104 valence electrons. The van der Waals surface area contributed by atoms with E-state index >= 15 is 0 Å². The second-order valence-corrected chi connectivity index (χ2v) is 4.73. The molecule has 1 aliphatic heterocycles. The van der Waals surface area contributed by atoms with Gasteiger partial charge in [-0.15, -0.1) is 0 Å². The van der Waals surface area contributed by atoms with Gasteiger partial charge in [-0.25, -0.2) is 0 Å². The van der Waals surface area contributed by atoms with Crippen molar-refractivity contribution in [3.05, 3.63) is 11.4 Å². The van der Waals surface area contributed by atoms with Gasteiger partial charge in [0.05, 0.1) is 11.4 Å². The van der Waals surface area contributed by atoms with E-state index in [-0.39, 0.29) is 18.4 Å². The van der Waals surface area contributed by atoms with Gasteiger partial charge in [0, 0.05) is 27.2 Å². The molecule has 0 unspecified atom stereocenters. The number of aryl methyl sites for hydroxylation is 2. The summed E-state index contributed by atoms with van der Waals surface area (Å²) in [6, 6.07) is 0. The number of piperazine rings is 1. The smallest absolute Gasteiger partial charge is 0.274 e. The van der Waals surface area contributed by atoms with E-state index in [2.05, 4.69) is 5.10 Å². The number of nitrogen functional groups attached to an aromatic ring is 1. The molecule has 0 bridgehead atoms. The van der Waals surface area contributed by atoms with Crippen molar-refractivity contribution in [1.82, 2.24) is 19.6 Å².